The number of imidazole rings is 1. The maximum Gasteiger partial charge on any atom is 0.326 e. The van der Waals surface area contributed by atoms with E-state index < -0.39 is 0 Å². The predicted molar refractivity (Wildman–Crippen MR) is 89.8 cm³/mol. The van der Waals surface area contributed by atoms with Crippen molar-refractivity contribution in [3.8, 4) is 5.88 Å². The molecule has 3 aromatic rings. The normalized spacial score (nSPS) is 10.7. The summed E-state index contributed by atoms with van der Waals surface area (Å²) in [5.74, 6) is 0.248. The van der Waals surface area contributed by atoms with E-state index in [-0.39, 0.29) is 18.1 Å². The van der Waals surface area contributed by atoms with Gasteiger partial charge in [-0.3, -0.25) is 9.36 Å². The molecule has 0 fully saturated rings. The highest BCUT2D eigenvalue weighted by molar-refractivity contribution is 5.80. The van der Waals surface area contributed by atoms with Crippen molar-refractivity contribution in [2.24, 2.45) is 0 Å². The Hall–Kier alpha value is -3.09. The molecule has 1 amide bonds. The number of benzene rings is 1. The number of pyridine rings is 1. The van der Waals surface area contributed by atoms with E-state index in [4.69, 9.17) is 4.74 Å². The van der Waals surface area contributed by atoms with Crippen molar-refractivity contribution in [3.63, 3.8) is 0 Å². The van der Waals surface area contributed by atoms with Crippen LogP contribution in [0.3, 0.4) is 0 Å². The summed E-state index contributed by atoms with van der Waals surface area (Å²) in [5.41, 5.74) is 1.90. The fraction of sp³-hybridized carbons (Fsp3) is 0.235. The number of H-pyrrole nitrogens is 1. The number of carbonyl (C=O) groups is 1. The van der Waals surface area contributed by atoms with E-state index in [0.29, 0.717) is 30.1 Å². The molecule has 0 aliphatic heterocycles. The van der Waals surface area contributed by atoms with E-state index in [0.717, 1.165) is 5.56 Å². The molecular formula is C17H18N4O3. The van der Waals surface area contributed by atoms with Crippen LogP contribution in [0.4, 0.5) is 0 Å². The smallest absolute Gasteiger partial charge is 0.326 e. The third-order valence-electron chi connectivity index (χ3n) is 3.59. The summed E-state index contributed by atoms with van der Waals surface area (Å²) < 4.78 is 6.84. The van der Waals surface area contributed by atoms with Gasteiger partial charge in [0.15, 0.2) is 0 Å². The van der Waals surface area contributed by atoms with Crippen LogP contribution in [0, 0.1) is 0 Å². The Balaban J connectivity index is 1.70. The van der Waals surface area contributed by atoms with Crippen LogP contribution in [0.2, 0.25) is 0 Å². The highest BCUT2D eigenvalue weighted by atomic mass is 16.5. The van der Waals surface area contributed by atoms with E-state index in [1.165, 1.54) is 4.57 Å². The summed E-state index contributed by atoms with van der Waals surface area (Å²) in [4.78, 5) is 31.1. The Morgan fingerprint density at radius 3 is 2.96 bits per heavy atom. The third kappa shape index (κ3) is 3.29. The zero-order valence-electron chi connectivity index (χ0n) is 13.3. The van der Waals surface area contributed by atoms with Gasteiger partial charge in [-0.1, -0.05) is 18.2 Å². The lowest BCUT2D eigenvalue weighted by Crippen LogP contribution is -2.31. The fourth-order valence-corrected chi connectivity index (χ4v) is 2.48. The number of hydrogen-bond acceptors (Lipinski definition) is 4. The minimum absolute atomic E-state index is 0.0485. The van der Waals surface area contributed by atoms with E-state index >= 15 is 0 Å². The number of hydrogen-bond donors (Lipinski definition) is 2. The molecular weight excluding hydrogens is 308 g/mol. The first kappa shape index (κ1) is 15.8. The van der Waals surface area contributed by atoms with Crippen molar-refractivity contribution >= 4 is 16.9 Å². The average molecular weight is 326 g/mol. The molecule has 0 saturated heterocycles. The fourth-order valence-electron chi connectivity index (χ4n) is 2.48. The molecule has 0 radical (unpaired) electrons. The number of rotatable bonds is 6. The molecule has 3 rings (SSSR count). The molecule has 0 bridgehead atoms. The second-order valence-corrected chi connectivity index (χ2v) is 5.21. The Morgan fingerprint density at radius 1 is 1.29 bits per heavy atom. The first-order chi connectivity index (χ1) is 11.7. The van der Waals surface area contributed by atoms with Gasteiger partial charge in [0.2, 0.25) is 11.8 Å². The number of ether oxygens (including phenoxy) is 1. The van der Waals surface area contributed by atoms with Crippen LogP contribution in [0.15, 0.2) is 47.4 Å². The molecule has 2 aromatic heterocycles. The summed E-state index contributed by atoms with van der Waals surface area (Å²) in [6.45, 7) is 2.62. The summed E-state index contributed by atoms with van der Waals surface area (Å²) in [7, 11) is 0. The second-order valence-electron chi connectivity index (χ2n) is 5.21. The monoisotopic (exact) mass is 326 g/mol. The lowest BCUT2D eigenvalue weighted by molar-refractivity contribution is -0.121. The van der Waals surface area contributed by atoms with E-state index in [9.17, 15) is 9.59 Å². The van der Waals surface area contributed by atoms with Crippen molar-refractivity contribution < 1.29 is 9.53 Å². The number of aromatic nitrogens is 3. The van der Waals surface area contributed by atoms with Crippen molar-refractivity contribution in [3.05, 3.63) is 58.6 Å². The molecule has 24 heavy (non-hydrogen) atoms. The summed E-state index contributed by atoms with van der Waals surface area (Å²) in [5, 5.41) is 2.80. The molecule has 2 heterocycles. The number of aromatic amines is 1. The van der Waals surface area contributed by atoms with Gasteiger partial charge in [-0.25, -0.2) is 9.78 Å². The summed E-state index contributed by atoms with van der Waals surface area (Å²) in [6, 6.07) is 10.9. The third-order valence-corrected chi connectivity index (χ3v) is 3.59. The van der Waals surface area contributed by atoms with Crippen molar-refractivity contribution in [2.45, 2.75) is 20.0 Å². The molecule has 0 spiro atoms. The van der Waals surface area contributed by atoms with Crippen LogP contribution in [-0.2, 0) is 17.9 Å². The Morgan fingerprint density at radius 2 is 2.12 bits per heavy atom. The molecule has 0 unspecified atom stereocenters. The van der Waals surface area contributed by atoms with Crippen molar-refractivity contribution in [1.82, 2.24) is 19.9 Å². The van der Waals surface area contributed by atoms with Gasteiger partial charge in [-0.05, 0) is 25.1 Å². The molecule has 7 heteroatoms. The topological polar surface area (TPSA) is 89.0 Å². The molecule has 0 aliphatic carbocycles. The lowest BCUT2D eigenvalue weighted by Gasteiger charge is -2.10. The second kappa shape index (κ2) is 6.99. The largest absolute Gasteiger partial charge is 0.478 e. The minimum atomic E-state index is -0.303. The molecule has 0 atom stereocenters. The Bertz CT molecular complexity index is 913. The number of amides is 1. The maximum atomic E-state index is 12.2. The maximum absolute atomic E-state index is 12.2. The van der Waals surface area contributed by atoms with Crippen LogP contribution in [-0.4, -0.2) is 27.0 Å². The molecule has 7 nitrogen and oxygen atoms in total. The highest BCUT2D eigenvalue weighted by Crippen LogP contribution is 2.14. The van der Waals surface area contributed by atoms with Crippen LogP contribution in [0.25, 0.3) is 11.0 Å². The van der Waals surface area contributed by atoms with Gasteiger partial charge in [0.05, 0.1) is 17.6 Å². The first-order valence-electron chi connectivity index (χ1n) is 7.70. The predicted octanol–water partition coefficient (Wildman–Crippen LogP) is 1.44. The standard InChI is InChI=1S/C17H18N4O3/c1-2-24-16-12(6-5-9-18-16)10-19-15(22)11-21-14-8-4-3-7-13(14)20-17(21)23/h3-9H,2,10-11H2,1H3,(H,19,22)(H,20,23). The SMILES string of the molecule is CCOc1ncccc1CNC(=O)Cn1c(=O)[nH]c2ccccc21. The van der Waals surface area contributed by atoms with Gasteiger partial charge in [0, 0.05) is 18.3 Å². The summed E-state index contributed by atoms with van der Waals surface area (Å²) >= 11 is 0. The highest BCUT2D eigenvalue weighted by Gasteiger charge is 2.11. The number of para-hydroxylation sites is 2. The lowest BCUT2D eigenvalue weighted by atomic mass is 10.2. The van der Waals surface area contributed by atoms with Gasteiger partial charge < -0.3 is 15.0 Å². The average Bonchev–Trinajstić information content (AvgIpc) is 2.90. The van der Waals surface area contributed by atoms with E-state index in [1.54, 1.807) is 24.4 Å². The Kier molecular flexibility index (Phi) is 4.60. The van der Waals surface area contributed by atoms with Gasteiger partial charge >= 0.3 is 5.69 Å². The molecule has 0 saturated carbocycles. The van der Waals surface area contributed by atoms with Gasteiger partial charge in [0.25, 0.3) is 0 Å². The van der Waals surface area contributed by atoms with Crippen LogP contribution in [0.1, 0.15) is 12.5 Å². The zero-order valence-corrected chi connectivity index (χ0v) is 13.3. The number of fused-ring (bicyclic) bond motifs is 1. The van der Waals surface area contributed by atoms with E-state index in [1.807, 2.05) is 25.1 Å². The number of nitrogens with zero attached hydrogens (tertiary/aromatic N) is 2. The van der Waals surface area contributed by atoms with Gasteiger partial charge in [-0.15, -0.1) is 0 Å². The van der Waals surface area contributed by atoms with Gasteiger partial charge in [-0.2, -0.15) is 0 Å². The van der Waals surface area contributed by atoms with Crippen LogP contribution < -0.4 is 15.7 Å². The molecule has 0 aliphatic rings. The Labute approximate surface area is 138 Å². The van der Waals surface area contributed by atoms with Crippen molar-refractivity contribution in [2.75, 3.05) is 6.61 Å². The number of carbonyl (C=O) groups excluding carboxylic acids is 1. The molecule has 2 N–H and O–H groups in total. The quantitative estimate of drug-likeness (QED) is 0.717. The zero-order chi connectivity index (χ0) is 16.9. The molecule has 124 valence electrons. The first-order valence-corrected chi connectivity index (χ1v) is 7.70. The van der Waals surface area contributed by atoms with Crippen LogP contribution >= 0.6 is 0 Å². The summed E-state index contributed by atoms with van der Waals surface area (Å²) in [6.07, 6.45) is 1.64. The molecule has 1 aromatic carbocycles. The van der Waals surface area contributed by atoms with Gasteiger partial charge in [0.1, 0.15) is 6.54 Å². The minimum Gasteiger partial charge on any atom is -0.478 e. The van der Waals surface area contributed by atoms with E-state index in [2.05, 4.69) is 15.3 Å². The van der Waals surface area contributed by atoms with Crippen LogP contribution in [0.5, 0.6) is 5.88 Å². The van der Waals surface area contributed by atoms with Crippen molar-refractivity contribution in [1.29, 1.82) is 0 Å². The number of nitrogens with one attached hydrogen (secondary N) is 2.